The Hall–Kier alpha value is -3.64. The monoisotopic (exact) mass is 825 g/mol. The highest BCUT2D eigenvalue weighted by Crippen LogP contribution is 2.22. The van der Waals surface area contributed by atoms with Crippen LogP contribution in [0.15, 0.2) is 109 Å². The maximum absolute atomic E-state index is 12.8. The molecule has 1 rings (SSSR count). The van der Waals surface area contributed by atoms with E-state index in [1.807, 2.05) is 0 Å². The van der Waals surface area contributed by atoms with E-state index in [1.165, 1.54) is 0 Å². The van der Waals surface area contributed by atoms with Gasteiger partial charge in [-0.25, -0.2) is 0 Å². The summed E-state index contributed by atoms with van der Waals surface area (Å²) < 4.78 is 22.1. The van der Waals surface area contributed by atoms with Gasteiger partial charge in [0.2, 0.25) is 0 Å². The molecule has 4 N–H and O–H groups in total. The summed E-state index contributed by atoms with van der Waals surface area (Å²) in [5.74, 6) is -0.907. The van der Waals surface area contributed by atoms with Crippen molar-refractivity contribution in [2.45, 2.75) is 166 Å². The molecular formula is C49H76O10. The van der Waals surface area contributed by atoms with Crippen LogP contribution in [0.5, 0.6) is 0 Å². The molecule has 332 valence electrons. The van der Waals surface area contributed by atoms with E-state index < -0.39 is 55.4 Å². The van der Waals surface area contributed by atoms with Gasteiger partial charge in [0, 0.05) is 12.8 Å². The van der Waals surface area contributed by atoms with E-state index in [4.69, 9.17) is 18.9 Å². The van der Waals surface area contributed by atoms with Crippen molar-refractivity contribution in [2.24, 2.45) is 0 Å². The fraction of sp³-hybridized carbons (Fsp3) is 0.592. The number of allylic oxidation sites excluding steroid dienone is 18. The molecule has 10 heteroatoms. The zero-order valence-corrected chi connectivity index (χ0v) is 35.9. The summed E-state index contributed by atoms with van der Waals surface area (Å²) in [6, 6.07) is 0. The molecule has 0 radical (unpaired) electrons. The summed E-state index contributed by atoms with van der Waals surface area (Å²) in [5.41, 5.74) is 0. The first-order valence-electron chi connectivity index (χ1n) is 22.0. The topological polar surface area (TPSA) is 152 Å². The maximum Gasteiger partial charge on any atom is 0.306 e. The third-order valence-corrected chi connectivity index (χ3v) is 9.15. The summed E-state index contributed by atoms with van der Waals surface area (Å²) in [6.45, 7) is 3.09. The average Bonchev–Trinajstić information content (AvgIpc) is 3.23. The zero-order valence-electron chi connectivity index (χ0n) is 35.9. The minimum absolute atomic E-state index is 0.174. The zero-order chi connectivity index (χ0) is 43.0. The van der Waals surface area contributed by atoms with Crippen LogP contribution in [0.25, 0.3) is 0 Å². The van der Waals surface area contributed by atoms with E-state index in [0.29, 0.717) is 12.8 Å². The largest absolute Gasteiger partial charge is 0.462 e. The lowest BCUT2D eigenvalue weighted by molar-refractivity contribution is -0.305. The van der Waals surface area contributed by atoms with Crippen molar-refractivity contribution in [3.05, 3.63) is 109 Å². The van der Waals surface area contributed by atoms with Crippen LogP contribution in [0, 0.1) is 0 Å². The fourth-order valence-corrected chi connectivity index (χ4v) is 5.73. The second kappa shape index (κ2) is 38.6. The molecule has 0 aromatic carbocycles. The number of rotatable bonds is 34. The number of hydrogen-bond donors (Lipinski definition) is 4. The number of unbranched alkanes of at least 4 members (excludes halogenated alkanes) is 5. The lowest BCUT2D eigenvalue weighted by atomic mass is 9.99. The van der Waals surface area contributed by atoms with E-state index in [-0.39, 0.29) is 26.1 Å². The fourth-order valence-electron chi connectivity index (χ4n) is 5.73. The number of ether oxygens (including phenoxy) is 4. The second-order valence-electron chi connectivity index (χ2n) is 14.4. The lowest BCUT2D eigenvalue weighted by Crippen LogP contribution is -2.59. The Morgan fingerprint density at radius 3 is 1.42 bits per heavy atom. The molecular weight excluding hydrogens is 749 g/mol. The van der Waals surface area contributed by atoms with Gasteiger partial charge in [-0.3, -0.25) is 9.59 Å². The number of aliphatic hydroxyl groups is 4. The summed E-state index contributed by atoms with van der Waals surface area (Å²) >= 11 is 0. The van der Waals surface area contributed by atoms with E-state index >= 15 is 0 Å². The predicted octanol–water partition coefficient (Wildman–Crippen LogP) is 9.33. The number of carbonyl (C=O) groups excluding carboxylic acids is 2. The van der Waals surface area contributed by atoms with Crippen molar-refractivity contribution in [3.63, 3.8) is 0 Å². The molecule has 0 saturated carbocycles. The number of esters is 2. The van der Waals surface area contributed by atoms with Crippen LogP contribution in [0.1, 0.15) is 129 Å². The maximum atomic E-state index is 12.8. The molecule has 1 heterocycles. The molecule has 0 aliphatic carbocycles. The van der Waals surface area contributed by atoms with Gasteiger partial charge < -0.3 is 39.4 Å². The molecule has 10 nitrogen and oxygen atoms in total. The molecule has 0 aromatic heterocycles. The number of carbonyl (C=O) groups is 2. The smallest absolute Gasteiger partial charge is 0.306 e. The van der Waals surface area contributed by atoms with Gasteiger partial charge in [-0.05, 0) is 96.3 Å². The predicted molar refractivity (Wildman–Crippen MR) is 237 cm³/mol. The number of aliphatic hydroxyl groups excluding tert-OH is 4. The van der Waals surface area contributed by atoms with Crippen LogP contribution in [0.4, 0.5) is 0 Å². The van der Waals surface area contributed by atoms with Gasteiger partial charge >= 0.3 is 11.9 Å². The van der Waals surface area contributed by atoms with Crippen molar-refractivity contribution < 1.29 is 49.0 Å². The van der Waals surface area contributed by atoms with E-state index in [2.05, 4.69) is 123 Å². The molecule has 1 aliphatic heterocycles. The molecule has 0 bridgehead atoms. The third-order valence-electron chi connectivity index (χ3n) is 9.15. The van der Waals surface area contributed by atoms with Gasteiger partial charge in [-0.1, -0.05) is 130 Å². The van der Waals surface area contributed by atoms with Crippen molar-refractivity contribution in [1.82, 2.24) is 0 Å². The Morgan fingerprint density at radius 2 is 0.949 bits per heavy atom. The van der Waals surface area contributed by atoms with Crippen molar-refractivity contribution in [1.29, 1.82) is 0 Å². The SMILES string of the molecule is CC/C=C\C/C=C\C/C=C\C/C=C\C/C=C\CCCCCC(=O)OC(COC(=O)CCCC/C=C\C/C=C\C/C=C\C/C=C\CC)COC1OC(CO)C(O)C(O)C1O. The van der Waals surface area contributed by atoms with E-state index in [1.54, 1.807) is 0 Å². The normalized spacial score (nSPS) is 21.1. The van der Waals surface area contributed by atoms with E-state index in [9.17, 15) is 30.0 Å². The molecule has 59 heavy (non-hydrogen) atoms. The highest BCUT2D eigenvalue weighted by Gasteiger charge is 2.44. The highest BCUT2D eigenvalue weighted by atomic mass is 16.7. The quantitative estimate of drug-likeness (QED) is 0.0281. The Balaban J connectivity index is 2.41. The Morgan fingerprint density at radius 1 is 0.525 bits per heavy atom. The molecule has 0 spiro atoms. The molecule has 1 aliphatic rings. The van der Waals surface area contributed by atoms with Gasteiger partial charge in [-0.15, -0.1) is 0 Å². The minimum Gasteiger partial charge on any atom is -0.462 e. The van der Waals surface area contributed by atoms with Crippen LogP contribution < -0.4 is 0 Å². The first kappa shape index (κ1) is 53.4. The Kier molecular flexibility index (Phi) is 34.9. The van der Waals surface area contributed by atoms with Crippen molar-refractivity contribution >= 4 is 11.9 Å². The third kappa shape index (κ3) is 30.1. The number of hydrogen-bond acceptors (Lipinski definition) is 10. The molecule has 1 fully saturated rings. The van der Waals surface area contributed by atoms with Gasteiger partial charge in [0.25, 0.3) is 0 Å². The van der Waals surface area contributed by atoms with Crippen molar-refractivity contribution in [3.8, 4) is 0 Å². The Labute approximate surface area is 355 Å². The summed E-state index contributed by atoms with van der Waals surface area (Å²) in [5, 5.41) is 40.1. The Bertz CT molecular complexity index is 1320. The summed E-state index contributed by atoms with van der Waals surface area (Å²) in [6.07, 6.45) is 45.2. The first-order chi connectivity index (χ1) is 28.8. The highest BCUT2D eigenvalue weighted by molar-refractivity contribution is 5.70. The lowest BCUT2D eigenvalue weighted by Gasteiger charge is -2.39. The molecule has 0 amide bonds. The van der Waals surface area contributed by atoms with Crippen LogP contribution in [-0.4, -0.2) is 89.0 Å². The van der Waals surface area contributed by atoms with Crippen LogP contribution in [-0.2, 0) is 28.5 Å². The van der Waals surface area contributed by atoms with Gasteiger partial charge in [0.15, 0.2) is 12.4 Å². The minimum atomic E-state index is -1.61. The van der Waals surface area contributed by atoms with E-state index in [0.717, 1.165) is 89.9 Å². The first-order valence-corrected chi connectivity index (χ1v) is 22.0. The summed E-state index contributed by atoms with van der Waals surface area (Å²) in [4.78, 5) is 25.3. The molecule has 1 saturated heterocycles. The second-order valence-corrected chi connectivity index (χ2v) is 14.4. The van der Waals surface area contributed by atoms with Gasteiger partial charge in [-0.2, -0.15) is 0 Å². The molecule has 0 aromatic rings. The van der Waals surface area contributed by atoms with Gasteiger partial charge in [0.05, 0.1) is 13.2 Å². The van der Waals surface area contributed by atoms with Crippen LogP contribution in [0.3, 0.4) is 0 Å². The average molecular weight is 825 g/mol. The standard InChI is InChI=1S/C49H76O10/c1-3-5-7-9-11-13-15-17-19-20-21-22-24-26-28-30-32-34-36-38-45(52)58-42(41-57-49-48(55)47(54)46(53)43(39-50)59-49)40-56-44(51)37-35-33-31-29-27-25-23-18-16-14-12-10-8-6-4-2/h5-8,11-14,17-19,21-23,26-29,42-43,46-50,53-55H,3-4,9-10,15-16,20,24-25,30-41H2,1-2H3/b7-5-,8-6-,13-11-,14-12-,19-17-,22-21-,23-18-,28-26-,29-27-. The summed E-state index contributed by atoms with van der Waals surface area (Å²) in [7, 11) is 0. The van der Waals surface area contributed by atoms with Crippen molar-refractivity contribution in [2.75, 3.05) is 19.8 Å². The molecule has 6 unspecified atom stereocenters. The van der Waals surface area contributed by atoms with Gasteiger partial charge in [0.1, 0.15) is 31.0 Å². The van der Waals surface area contributed by atoms with Crippen LogP contribution in [0.2, 0.25) is 0 Å². The van der Waals surface area contributed by atoms with Crippen LogP contribution >= 0.6 is 0 Å². The molecule has 6 atom stereocenters.